The molecule has 0 saturated carbocycles. The molecule has 4 heteroatoms. The summed E-state index contributed by atoms with van der Waals surface area (Å²) in [6.07, 6.45) is 0. The molecule has 0 bridgehead atoms. The lowest BCUT2D eigenvalue weighted by Crippen LogP contribution is -2.31. The second kappa shape index (κ2) is 6.45. The van der Waals surface area contributed by atoms with Crippen LogP contribution in [-0.4, -0.2) is 12.6 Å². The maximum atomic E-state index is 6.01. The zero-order valence-corrected chi connectivity index (χ0v) is 11.1. The molecule has 2 nitrogen and oxygen atoms in total. The second-order valence-electron chi connectivity index (χ2n) is 4.12. The van der Waals surface area contributed by atoms with Crippen LogP contribution < -0.4 is 5.73 Å². The van der Waals surface area contributed by atoms with Gasteiger partial charge in [0, 0.05) is 21.7 Å². The quantitative estimate of drug-likeness (QED) is 0.881. The van der Waals surface area contributed by atoms with Crippen molar-refractivity contribution in [2.75, 3.05) is 6.61 Å². The van der Waals surface area contributed by atoms with Crippen LogP contribution in [0.1, 0.15) is 19.4 Å². The average Bonchev–Trinajstić information content (AvgIpc) is 2.22. The SMILES string of the molecule is CC(C)[C@H](N)COCc1c(Cl)cccc1Cl. The predicted molar refractivity (Wildman–Crippen MR) is 68.9 cm³/mol. The van der Waals surface area contributed by atoms with Crippen molar-refractivity contribution in [3.05, 3.63) is 33.8 Å². The van der Waals surface area contributed by atoms with Crippen molar-refractivity contribution in [1.29, 1.82) is 0 Å². The minimum Gasteiger partial charge on any atom is -0.375 e. The van der Waals surface area contributed by atoms with Crippen molar-refractivity contribution < 1.29 is 4.74 Å². The van der Waals surface area contributed by atoms with E-state index < -0.39 is 0 Å². The number of hydrogen-bond donors (Lipinski definition) is 1. The van der Waals surface area contributed by atoms with Gasteiger partial charge in [-0.1, -0.05) is 43.1 Å². The van der Waals surface area contributed by atoms with Gasteiger partial charge in [0.15, 0.2) is 0 Å². The Balaban J connectivity index is 2.49. The van der Waals surface area contributed by atoms with E-state index in [9.17, 15) is 0 Å². The third-order valence-corrected chi connectivity index (χ3v) is 3.18. The zero-order chi connectivity index (χ0) is 12.1. The second-order valence-corrected chi connectivity index (χ2v) is 4.94. The lowest BCUT2D eigenvalue weighted by molar-refractivity contribution is 0.0974. The first kappa shape index (κ1) is 13.8. The smallest absolute Gasteiger partial charge is 0.0746 e. The van der Waals surface area contributed by atoms with Crippen LogP contribution >= 0.6 is 23.2 Å². The van der Waals surface area contributed by atoms with Crippen LogP contribution in [0.25, 0.3) is 0 Å². The van der Waals surface area contributed by atoms with Crippen LogP contribution in [0.5, 0.6) is 0 Å². The highest BCUT2D eigenvalue weighted by Gasteiger charge is 2.09. The largest absolute Gasteiger partial charge is 0.375 e. The average molecular weight is 262 g/mol. The summed E-state index contributed by atoms with van der Waals surface area (Å²) < 4.78 is 5.51. The summed E-state index contributed by atoms with van der Waals surface area (Å²) >= 11 is 12.0. The van der Waals surface area contributed by atoms with Crippen molar-refractivity contribution in [1.82, 2.24) is 0 Å². The molecule has 90 valence electrons. The topological polar surface area (TPSA) is 35.2 Å². The number of halogens is 2. The van der Waals surface area contributed by atoms with Crippen molar-refractivity contribution in [2.24, 2.45) is 11.7 Å². The third-order valence-electron chi connectivity index (χ3n) is 2.47. The maximum Gasteiger partial charge on any atom is 0.0746 e. The fourth-order valence-corrected chi connectivity index (χ4v) is 1.67. The molecule has 0 aliphatic heterocycles. The minimum atomic E-state index is 0.0428. The van der Waals surface area contributed by atoms with Gasteiger partial charge >= 0.3 is 0 Å². The summed E-state index contributed by atoms with van der Waals surface area (Å²) in [4.78, 5) is 0. The lowest BCUT2D eigenvalue weighted by Gasteiger charge is -2.16. The first-order chi connectivity index (χ1) is 7.52. The Morgan fingerprint density at radius 1 is 1.25 bits per heavy atom. The predicted octanol–water partition coefficient (Wildman–Crippen LogP) is 3.49. The van der Waals surface area contributed by atoms with Gasteiger partial charge in [-0.2, -0.15) is 0 Å². The molecule has 1 aromatic rings. The van der Waals surface area contributed by atoms with Gasteiger partial charge in [0.1, 0.15) is 0 Å². The maximum absolute atomic E-state index is 6.01. The number of ether oxygens (including phenoxy) is 1. The number of benzene rings is 1. The molecule has 0 fully saturated rings. The van der Waals surface area contributed by atoms with Crippen LogP contribution in [0.15, 0.2) is 18.2 Å². The van der Waals surface area contributed by atoms with Crippen LogP contribution in [0.3, 0.4) is 0 Å². The number of rotatable bonds is 5. The van der Waals surface area contributed by atoms with Gasteiger partial charge in [0.05, 0.1) is 13.2 Å². The van der Waals surface area contributed by atoms with Crippen LogP contribution in [-0.2, 0) is 11.3 Å². The van der Waals surface area contributed by atoms with E-state index >= 15 is 0 Å². The van der Waals surface area contributed by atoms with Crippen molar-refractivity contribution in [2.45, 2.75) is 26.5 Å². The highest BCUT2D eigenvalue weighted by atomic mass is 35.5. The molecule has 0 aromatic heterocycles. The highest BCUT2D eigenvalue weighted by Crippen LogP contribution is 2.24. The van der Waals surface area contributed by atoms with Gasteiger partial charge in [-0.15, -0.1) is 0 Å². The molecular weight excluding hydrogens is 245 g/mol. The van der Waals surface area contributed by atoms with Gasteiger partial charge in [-0.05, 0) is 18.1 Å². The molecular formula is C12H17Cl2NO. The van der Waals surface area contributed by atoms with E-state index in [-0.39, 0.29) is 6.04 Å². The Hall–Kier alpha value is -0.280. The van der Waals surface area contributed by atoms with E-state index in [0.717, 1.165) is 5.56 Å². The molecule has 2 N–H and O–H groups in total. The van der Waals surface area contributed by atoms with Gasteiger partial charge in [-0.3, -0.25) is 0 Å². The lowest BCUT2D eigenvalue weighted by atomic mass is 10.1. The van der Waals surface area contributed by atoms with E-state index in [1.165, 1.54) is 0 Å². The zero-order valence-electron chi connectivity index (χ0n) is 9.54. The van der Waals surface area contributed by atoms with Crippen molar-refractivity contribution in [3.63, 3.8) is 0 Å². The Labute approximate surface area is 107 Å². The molecule has 16 heavy (non-hydrogen) atoms. The summed E-state index contributed by atoms with van der Waals surface area (Å²) in [6, 6.07) is 5.46. The third kappa shape index (κ3) is 3.95. The summed E-state index contributed by atoms with van der Waals surface area (Å²) in [6.45, 7) is 5.05. The van der Waals surface area contributed by atoms with Gasteiger partial charge in [-0.25, -0.2) is 0 Å². The normalized spacial score (nSPS) is 13.1. The summed E-state index contributed by atoms with van der Waals surface area (Å²) in [5.41, 5.74) is 6.69. The van der Waals surface area contributed by atoms with Crippen molar-refractivity contribution >= 4 is 23.2 Å². The van der Waals surface area contributed by atoms with Gasteiger partial charge in [0.2, 0.25) is 0 Å². The van der Waals surface area contributed by atoms with E-state index in [1.54, 1.807) is 12.1 Å². The number of nitrogens with two attached hydrogens (primary N) is 1. The first-order valence-corrected chi connectivity index (χ1v) is 6.04. The molecule has 1 atom stereocenters. The van der Waals surface area contributed by atoms with E-state index in [2.05, 4.69) is 13.8 Å². The molecule has 0 heterocycles. The Morgan fingerprint density at radius 2 is 1.81 bits per heavy atom. The standard InChI is InChI=1S/C12H17Cl2NO/c1-8(2)12(15)7-16-6-9-10(13)4-3-5-11(9)14/h3-5,8,12H,6-7,15H2,1-2H3/t12-/m1/s1. The summed E-state index contributed by atoms with van der Waals surface area (Å²) in [7, 11) is 0. The molecule has 1 rings (SSSR count). The summed E-state index contributed by atoms with van der Waals surface area (Å²) in [5.74, 6) is 0.404. The molecule has 0 saturated heterocycles. The van der Waals surface area contributed by atoms with Crippen LogP contribution in [0.4, 0.5) is 0 Å². The Kier molecular flexibility index (Phi) is 5.56. The molecule has 0 amide bonds. The van der Waals surface area contributed by atoms with E-state index in [4.69, 9.17) is 33.7 Å². The fourth-order valence-electron chi connectivity index (χ4n) is 1.16. The molecule has 0 radical (unpaired) electrons. The van der Waals surface area contributed by atoms with Gasteiger partial charge < -0.3 is 10.5 Å². The van der Waals surface area contributed by atoms with Gasteiger partial charge in [0.25, 0.3) is 0 Å². The number of hydrogen-bond acceptors (Lipinski definition) is 2. The van der Waals surface area contributed by atoms with E-state index in [0.29, 0.717) is 29.2 Å². The van der Waals surface area contributed by atoms with E-state index in [1.807, 2.05) is 6.07 Å². The fraction of sp³-hybridized carbons (Fsp3) is 0.500. The van der Waals surface area contributed by atoms with Crippen LogP contribution in [0.2, 0.25) is 10.0 Å². The van der Waals surface area contributed by atoms with Crippen molar-refractivity contribution in [3.8, 4) is 0 Å². The minimum absolute atomic E-state index is 0.0428. The summed E-state index contributed by atoms with van der Waals surface area (Å²) in [5, 5.41) is 1.26. The molecule has 0 unspecified atom stereocenters. The molecule has 0 spiro atoms. The monoisotopic (exact) mass is 261 g/mol. The van der Waals surface area contributed by atoms with Crippen LogP contribution in [0, 0.1) is 5.92 Å². The highest BCUT2D eigenvalue weighted by molar-refractivity contribution is 6.35. The molecule has 0 aliphatic rings. The Morgan fingerprint density at radius 3 is 2.31 bits per heavy atom. The Bertz CT molecular complexity index is 322. The molecule has 0 aliphatic carbocycles. The molecule has 1 aromatic carbocycles. The first-order valence-electron chi connectivity index (χ1n) is 5.28.